The largest absolute Gasteiger partial charge is 1.00 e. The summed E-state index contributed by atoms with van der Waals surface area (Å²) in [7, 11) is 0. The molecule has 4 aliphatic carbocycles. The number of allylic oxidation sites excluding steroid dienone is 16. The molecule has 38 heavy (non-hydrogen) atoms. The van der Waals surface area contributed by atoms with E-state index in [1.165, 1.54) is 90.6 Å². The first-order valence-corrected chi connectivity index (χ1v) is 28.5. The minimum absolute atomic E-state index is 0. The van der Waals surface area contributed by atoms with Gasteiger partial charge in [-0.2, -0.15) is 24.3 Å². The molecule has 0 aromatic heterocycles. The van der Waals surface area contributed by atoms with Crippen molar-refractivity contribution >= 4 is 11.0 Å². The first-order valence-electron chi connectivity index (χ1n) is 12.7. The van der Waals surface area contributed by atoms with E-state index in [0.717, 1.165) is 25.7 Å². The summed E-state index contributed by atoms with van der Waals surface area (Å²) >= 11 is 2.90. The van der Waals surface area contributed by atoms with Crippen molar-refractivity contribution in [2.45, 2.75) is 107 Å². The zero-order valence-corrected chi connectivity index (χ0v) is 38.3. The van der Waals surface area contributed by atoms with Crippen molar-refractivity contribution in [2.75, 3.05) is 0 Å². The molecule has 0 N–H and O–H groups in total. The van der Waals surface area contributed by atoms with Gasteiger partial charge in [0.15, 0.2) is 0 Å². The first kappa shape index (κ1) is 46.0. The molecule has 4 rings (SSSR count). The zero-order valence-electron chi connectivity index (χ0n) is 25.9. The van der Waals surface area contributed by atoms with Gasteiger partial charge in [-0.05, 0) is 0 Å². The summed E-state index contributed by atoms with van der Waals surface area (Å²) in [6, 6.07) is 0. The van der Waals surface area contributed by atoms with E-state index in [0.29, 0.717) is 0 Å². The smallest absolute Gasteiger partial charge is 1.00 e. The summed E-state index contributed by atoms with van der Waals surface area (Å²) in [6.45, 7) is 26.2. The van der Waals surface area contributed by atoms with E-state index >= 15 is 0 Å². The zero-order chi connectivity index (χ0) is 28.3. The molecule has 0 amide bonds. The van der Waals surface area contributed by atoms with Crippen molar-refractivity contribution in [3.63, 3.8) is 0 Å². The van der Waals surface area contributed by atoms with Crippen LogP contribution in [0.1, 0.15) is 81.1 Å². The Morgan fingerprint density at radius 3 is 0.605 bits per heavy atom. The van der Waals surface area contributed by atoms with E-state index in [1.807, 2.05) is 0 Å². The minimum atomic E-state index is 0. The predicted octanol–water partition coefficient (Wildman–Crippen LogP) is 3.92. The quantitative estimate of drug-likeness (QED) is 0.256. The van der Waals surface area contributed by atoms with E-state index in [1.54, 1.807) is 0 Å². The maximum Gasteiger partial charge on any atom is -1.00 e. The van der Waals surface area contributed by atoms with Crippen LogP contribution < -0.4 is 34.0 Å². The Hall–Kier alpha value is 1.05. The summed E-state index contributed by atoms with van der Waals surface area (Å²) in [5.74, 6) is 0. The molecule has 0 aliphatic heterocycles. The van der Waals surface area contributed by atoms with E-state index < -0.39 is 0 Å². The Morgan fingerprint density at radius 2 is 0.579 bits per heavy atom. The fourth-order valence-corrected chi connectivity index (χ4v) is 2.60. The van der Waals surface area contributed by atoms with Gasteiger partial charge in [0, 0.05) is 0 Å². The fourth-order valence-electron chi connectivity index (χ4n) is 2.60. The van der Waals surface area contributed by atoms with Crippen LogP contribution in [0.4, 0.5) is 0 Å². The molecule has 0 spiro atoms. The van der Waals surface area contributed by atoms with Crippen LogP contribution >= 0.6 is 0 Å². The topological polar surface area (TPSA) is 0 Å². The van der Waals surface area contributed by atoms with Crippen molar-refractivity contribution in [3.8, 4) is 0 Å². The van der Waals surface area contributed by atoms with Crippen LogP contribution in [0.2, 0.25) is 26.2 Å². The van der Waals surface area contributed by atoms with Crippen molar-refractivity contribution in [3.05, 3.63) is 93.2 Å². The molecule has 0 atom stereocenters. The molecular weight excluding hydrogens is 957 g/mol. The van der Waals surface area contributed by atoms with E-state index in [4.69, 9.17) is 0 Å². The van der Waals surface area contributed by atoms with Crippen LogP contribution in [0.25, 0.3) is 0 Å². The van der Waals surface area contributed by atoms with Gasteiger partial charge >= 0.3 is 83.2 Å². The Labute approximate surface area is 288 Å². The summed E-state index contributed by atoms with van der Waals surface area (Å²) in [4.78, 5) is 0. The van der Waals surface area contributed by atoms with Crippen LogP contribution in [-0.2, 0) is 46.0 Å². The normalized spacial score (nSPS) is 15.6. The van der Waals surface area contributed by atoms with E-state index in [9.17, 15) is 0 Å². The minimum Gasteiger partial charge on any atom is -1.00 e. The van der Waals surface area contributed by atoms with E-state index in [-0.39, 0.29) is 45.0 Å². The first-order chi connectivity index (χ1) is 16.7. The average Bonchev–Trinajstić information content (AvgIpc) is 3.53. The molecule has 0 saturated heterocycles. The molecule has 6 heteroatoms. The molecule has 0 nitrogen and oxygen atoms in total. The second-order valence-electron chi connectivity index (χ2n) is 9.57. The third kappa shape index (κ3) is 28.6. The number of hydrogen-bond donors (Lipinski definition) is 0. The van der Waals surface area contributed by atoms with Crippen molar-refractivity contribution < 1.29 is 80.0 Å². The molecule has 0 heterocycles. The van der Waals surface area contributed by atoms with Crippen LogP contribution in [-0.4, -0.2) is 11.0 Å². The fraction of sp³-hybridized carbons (Fsp3) is 0.500. The summed E-state index contributed by atoms with van der Waals surface area (Å²) in [5.41, 5.74) is 11.4. The third-order valence-electron chi connectivity index (χ3n) is 5.47. The molecule has 0 fully saturated rings. The van der Waals surface area contributed by atoms with Crippen LogP contribution in [0.5, 0.6) is 0 Å². The van der Waals surface area contributed by atoms with Crippen LogP contribution in [0, 0.1) is 24.3 Å². The molecule has 0 saturated carbocycles. The van der Waals surface area contributed by atoms with Gasteiger partial charge < -0.3 is 34.0 Å². The van der Waals surface area contributed by atoms with Gasteiger partial charge in [-0.1, -0.05) is 27.7 Å². The van der Waals surface area contributed by atoms with Crippen molar-refractivity contribution in [1.29, 1.82) is 0 Å². The van der Waals surface area contributed by atoms with Gasteiger partial charge in [-0.3, -0.25) is 24.3 Å². The van der Waals surface area contributed by atoms with Gasteiger partial charge in [0.05, 0.1) is 0 Å². The standard InChI is InChI=1S/4C7H9.2C2H6Si.2BrH.2Hf/c4*1-6-4-3-5-7(6)2;2*1-3-2;;;;/h4*4H,3H2,1-2H3;2*1-2H3;2*1H;;/q4*-1;;;;;2*+2/p-2. The number of halogens is 2. The SMILES string of the molecule is CC1=[C-]CC=C1C.CC1=[C-]CC=C1C.CC1=[C-]CC=C1C.CC1=[C-]CC=C1C.C[Si](C)=[Hf+2].C[Si](C)=[Hf+2].[Br-].[Br-]. The summed E-state index contributed by atoms with van der Waals surface area (Å²) in [6.07, 6.45) is 25.6. The third-order valence-corrected chi connectivity index (χ3v) is 5.47. The monoisotopic (exact) mass is 1010 g/mol. The molecule has 208 valence electrons. The molecule has 0 aromatic rings. The predicted molar refractivity (Wildman–Crippen MR) is 158 cm³/mol. The maximum absolute atomic E-state index is 3.19. The molecule has 0 bridgehead atoms. The average molecular weight is 1010 g/mol. The Morgan fingerprint density at radius 1 is 0.447 bits per heavy atom. The van der Waals surface area contributed by atoms with Crippen molar-refractivity contribution in [1.82, 2.24) is 0 Å². The molecule has 4 aliphatic rings. The molecule has 0 unspecified atom stereocenters. The second kappa shape index (κ2) is 28.2. The van der Waals surface area contributed by atoms with Crippen LogP contribution in [0.15, 0.2) is 68.9 Å². The van der Waals surface area contributed by atoms with E-state index in [2.05, 4.69) is 130 Å². The van der Waals surface area contributed by atoms with Crippen molar-refractivity contribution in [2.24, 2.45) is 0 Å². The number of rotatable bonds is 0. The number of hydrogen-bond acceptors (Lipinski definition) is 0. The Kier molecular flexibility index (Phi) is 34.1. The molecule has 0 aromatic carbocycles. The van der Waals surface area contributed by atoms with Gasteiger partial charge in [-0.15, -0.1) is 53.4 Å². The van der Waals surface area contributed by atoms with Gasteiger partial charge in [0.25, 0.3) is 0 Å². The maximum atomic E-state index is 3.19. The Balaban J connectivity index is -0.000000184. The van der Waals surface area contributed by atoms with Gasteiger partial charge in [0.2, 0.25) is 0 Å². The molecule has 0 radical (unpaired) electrons. The summed E-state index contributed by atoms with van der Waals surface area (Å²) < 4.78 is 0. The Bertz CT molecular complexity index is 769. The summed E-state index contributed by atoms with van der Waals surface area (Å²) in [5, 5.41) is 0. The van der Waals surface area contributed by atoms with Gasteiger partial charge in [-0.25, -0.2) is 44.6 Å². The molecular formula is C32H48Br2Hf2Si2-2. The second-order valence-corrected chi connectivity index (χ2v) is 35.1. The van der Waals surface area contributed by atoms with Gasteiger partial charge in [0.1, 0.15) is 0 Å². The van der Waals surface area contributed by atoms with Crippen LogP contribution in [0.3, 0.4) is 0 Å².